The van der Waals surface area contributed by atoms with Crippen LogP contribution < -0.4 is 5.32 Å². The van der Waals surface area contributed by atoms with E-state index >= 15 is 0 Å². The molecule has 1 fully saturated rings. The number of rotatable bonds is 4. The van der Waals surface area contributed by atoms with E-state index in [9.17, 15) is 31.1 Å². The van der Waals surface area contributed by atoms with Gasteiger partial charge in [-0.1, -0.05) is 32.9 Å². The summed E-state index contributed by atoms with van der Waals surface area (Å²) in [5.74, 6) is 0.171. The number of nitrogens with zero attached hydrogens (tertiary/aromatic N) is 2. The second-order valence-electron chi connectivity index (χ2n) is 10.6. The number of amides is 1. The third-order valence-corrected chi connectivity index (χ3v) is 6.66. The van der Waals surface area contributed by atoms with Crippen molar-refractivity contribution < 1.29 is 31.1 Å². The molecule has 0 unspecified atom stereocenters. The van der Waals surface area contributed by atoms with Crippen LogP contribution in [0.4, 0.5) is 26.3 Å². The Morgan fingerprint density at radius 2 is 1.54 bits per heavy atom. The molecule has 2 atom stereocenters. The van der Waals surface area contributed by atoms with Crippen molar-refractivity contribution in [1.82, 2.24) is 14.9 Å². The van der Waals surface area contributed by atoms with Gasteiger partial charge >= 0.3 is 12.4 Å². The van der Waals surface area contributed by atoms with E-state index < -0.39 is 23.5 Å². The minimum Gasteiger partial charge on any atom is -0.348 e. The SMILES string of the molecule is C[C@@H]1C[C@@H](NC(=O)c2cncn2-c2ccc(-c3cc(C(F)(F)F)cc(C(F)(F)F)c3)cc2)CC(C)(C)C1. The Morgan fingerprint density at radius 1 is 0.946 bits per heavy atom. The number of hydrogen-bond donors (Lipinski definition) is 1. The van der Waals surface area contributed by atoms with Gasteiger partial charge in [0, 0.05) is 11.7 Å². The second kappa shape index (κ2) is 9.54. The lowest BCUT2D eigenvalue weighted by Crippen LogP contribution is -2.43. The van der Waals surface area contributed by atoms with Crippen LogP contribution in [0, 0.1) is 11.3 Å². The Bertz CT molecular complexity index is 1240. The number of carbonyl (C=O) groups is 1. The monoisotopic (exact) mass is 523 g/mol. The summed E-state index contributed by atoms with van der Waals surface area (Å²) < 4.78 is 81.0. The molecule has 0 spiro atoms. The van der Waals surface area contributed by atoms with Crippen molar-refractivity contribution in [3.63, 3.8) is 0 Å². The Balaban J connectivity index is 1.59. The van der Waals surface area contributed by atoms with Gasteiger partial charge in [0.1, 0.15) is 5.69 Å². The number of hydrogen-bond acceptors (Lipinski definition) is 2. The standard InChI is InChI=1S/C27H27F6N3O/c1-16-8-21(13-25(2,3)12-16)35-24(37)23-14-34-15-36(23)22-6-4-17(5-7-22)18-9-19(26(28,29)30)11-20(10-18)27(31,32)33/h4-7,9-11,14-16,21H,8,12-13H2,1-3H3,(H,35,37)/t16-,21-/m1/s1. The first kappa shape index (κ1) is 26.8. The average Bonchev–Trinajstić information content (AvgIpc) is 3.26. The maximum absolute atomic E-state index is 13.2. The number of alkyl halides is 6. The molecular weight excluding hydrogens is 496 g/mol. The Hall–Kier alpha value is -3.30. The molecule has 37 heavy (non-hydrogen) atoms. The zero-order valence-electron chi connectivity index (χ0n) is 20.5. The lowest BCUT2D eigenvalue weighted by atomic mass is 9.70. The summed E-state index contributed by atoms with van der Waals surface area (Å²) in [4.78, 5) is 17.1. The van der Waals surface area contributed by atoms with Crippen molar-refractivity contribution in [3.8, 4) is 16.8 Å². The van der Waals surface area contributed by atoms with Gasteiger partial charge in [0.2, 0.25) is 0 Å². The van der Waals surface area contributed by atoms with E-state index in [1.165, 1.54) is 41.4 Å². The lowest BCUT2D eigenvalue weighted by Gasteiger charge is -2.39. The first-order valence-corrected chi connectivity index (χ1v) is 11.9. The topological polar surface area (TPSA) is 46.9 Å². The second-order valence-corrected chi connectivity index (χ2v) is 10.6. The van der Waals surface area contributed by atoms with Crippen LogP contribution in [0.25, 0.3) is 16.8 Å². The molecule has 0 aliphatic heterocycles. The van der Waals surface area contributed by atoms with E-state index in [-0.39, 0.29) is 40.3 Å². The summed E-state index contributed by atoms with van der Waals surface area (Å²) in [7, 11) is 0. The maximum Gasteiger partial charge on any atom is 0.416 e. The highest BCUT2D eigenvalue weighted by Gasteiger charge is 2.37. The third-order valence-electron chi connectivity index (χ3n) is 6.66. The fraction of sp³-hybridized carbons (Fsp3) is 0.407. The molecule has 1 heterocycles. The number of nitrogens with one attached hydrogen (secondary N) is 1. The maximum atomic E-state index is 13.2. The molecule has 2 aromatic carbocycles. The number of imidazole rings is 1. The third kappa shape index (κ3) is 6.17. The van der Waals surface area contributed by atoms with E-state index in [0.29, 0.717) is 23.7 Å². The minimum absolute atomic E-state index is 0.0145. The van der Waals surface area contributed by atoms with Gasteiger partial charge < -0.3 is 5.32 Å². The van der Waals surface area contributed by atoms with Crippen LogP contribution in [-0.4, -0.2) is 21.5 Å². The highest BCUT2D eigenvalue weighted by Crippen LogP contribution is 2.40. The highest BCUT2D eigenvalue weighted by atomic mass is 19.4. The molecule has 4 nitrogen and oxygen atoms in total. The first-order chi connectivity index (χ1) is 17.1. The van der Waals surface area contributed by atoms with Crippen LogP contribution in [0.2, 0.25) is 0 Å². The molecule has 1 aromatic heterocycles. The summed E-state index contributed by atoms with van der Waals surface area (Å²) in [6.07, 6.45) is -4.20. The van der Waals surface area contributed by atoms with Crippen LogP contribution in [0.1, 0.15) is 61.6 Å². The van der Waals surface area contributed by atoms with Crippen LogP contribution in [0.5, 0.6) is 0 Å². The normalized spacial score (nSPS) is 20.0. The molecule has 0 radical (unpaired) electrons. The van der Waals surface area contributed by atoms with Crippen molar-refractivity contribution in [1.29, 1.82) is 0 Å². The van der Waals surface area contributed by atoms with Crippen molar-refractivity contribution in [2.75, 3.05) is 0 Å². The van der Waals surface area contributed by atoms with Crippen molar-refractivity contribution in [2.24, 2.45) is 11.3 Å². The molecular formula is C27H27F6N3O. The predicted octanol–water partition coefficient (Wildman–Crippen LogP) is 7.52. The van der Waals surface area contributed by atoms with Gasteiger partial charge in [0.15, 0.2) is 0 Å². The molecule has 198 valence electrons. The van der Waals surface area contributed by atoms with Crippen LogP contribution in [-0.2, 0) is 12.4 Å². The van der Waals surface area contributed by atoms with Gasteiger partial charge in [0.05, 0.1) is 23.7 Å². The molecule has 0 bridgehead atoms. The average molecular weight is 524 g/mol. The molecule has 1 aliphatic carbocycles. The number of carbonyl (C=O) groups excluding carboxylic acids is 1. The van der Waals surface area contributed by atoms with Crippen LogP contribution >= 0.6 is 0 Å². The van der Waals surface area contributed by atoms with Crippen molar-refractivity contribution in [3.05, 3.63) is 71.8 Å². The lowest BCUT2D eigenvalue weighted by molar-refractivity contribution is -0.143. The fourth-order valence-corrected chi connectivity index (χ4v) is 5.32. The molecule has 0 saturated heterocycles. The smallest absolute Gasteiger partial charge is 0.348 e. The molecule has 4 rings (SSSR count). The van der Waals surface area contributed by atoms with Gasteiger partial charge in [-0.25, -0.2) is 4.98 Å². The van der Waals surface area contributed by atoms with E-state index in [4.69, 9.17) is 0 Å². The predicted molar refractivity (Wildman–Crippen MR) is 127 cm³/mol. The van der Waals surface area contributed by atoms with Gasteiger partial charge in [-0.15, -0.1) is 0 Å². The molecule has 1 N–H and O–H groups in total. The van der Waals surface area contributed by atoms with Crippen molar-refractivity contribution >= 4 is 5.91 Å². The number of benzene rings is 2. The first-order valence-electron chi connectivity index (χ1n) is 11.9. The number of aromatic nitrogens is 2. The molecule has 3 aromatic rings. The van der Waals surface area contributed by atoms with Crippen molar-refractivity contribution in [2.45, 2.75) is 58.4 Å². The van der Waals surface area contributed by atoms with E-state index in [0.717, 1.165) is 19.3 Å². The Labute approximate surface area is 210 Å². The highest BCUT2D eigenvalue weighted by molar-refractivity contribution is 5.93. The summed E-state index contributed by atoms with van der Waals surface area (Å²) in [5, 5.41) is 3.08. The van der Waals surface area contributed by atoms with Crippen LogP contribution in [0.3, 0.4) is 0 Å². The van der Waals surface area contributed by atoms with Crippen LogP contribution in [0.15, 0.2) is 55.0 Å². The molecule has 1 saturated carbocycles. The van der Waals surface area contributed by atoms with E-state index in [2.05, 4.69) is 31.1 Å². The Kier molecular flexibility index (Phi) is 6.90. The fourth-order valence-electron chi connectivity index (χ4n) is 5.32. The van der Waals surface area contributed by atoms with Gasteiger partial charge in [-0.3, -0.25) is 9.36 Å². The summed E-state index contributed by atoms with van der Waals surface area (Å²) in [6.45, 7) is 6.51. The van der Waals surface area contributed by atoms with Gasteiger partial charge in [-0.2, -0.15) is 26.3 Å². The number of halogens is 6. The summed E-state index contributed by atoms with van der Waals surface area (Å²) in [5.41, 5.74) is -1.92. The Morgan fingerprint density at radius 3 is 2.08 bits per heavy atom. The minimum atomic E-state index is -4.93. The van der Waals surface area contributed by atoms with Gasteiger partial charge in [-0.05, 0) is 72.1 Å². The molecule has 1 amide bonds. The molecule has 10 heteroatoms. The quantitative estimate of drug-likeness (QED) is 0.360. The summed E-state index contributed by atoms with van der Waals surface area (Å²) >= 11 is 0. The largest absolute Gasteiger partial charge is 0.416 e. The zero-order chi connectivity index (χ0) is 27.2. The van der Waals surface area contributed by atoms with Gasteiger partial charge in [0.25, 0.3) is 5.91 Å². The molecule has 1 aliphatic rings. The summed E-state index contributed by atoms with van der Waals surface area (Å²) in [6, 6.07) is 7.36. The van der Waals surface area contributed by atoms with E-state index in [1.54, 1.807) is 0 Å². The zero-order valence-corrected chi connectivity index (χ0v) is 20.5. The van der Waals surface area contributed by atoms with E-state index in [1.807, 2.05) is 0 Å².